The molecule has 1 saturated carbocycles. The Bertz CT molecular complexity index is 1180. The largest absolute Gasteiger partial charge is 0.480 e. The van der Waals surface area contributed by atoms with Gasteiger partial charge >= 0.3 is 5.97 Å². The van der Waals surface area contributed by atoms with Crippen LogP contribution >= 0.6 is 24.0 Å². The van der Waals surface area contributed by atoms with E-state index in [4.69, 9.17) is 17.3 Å². The third-order valence-corrected chi connectivity index (χ3v) is 8.01. The molecule has 2 aromatic carbocycles. The number of hydrogen-bond donors (Lipinski definition) is 1. The van der Waals surface area contributed by atoms with Crippen LogP contribution in [-0.4, -0.2) is 52.9 Å². The maximum atomic E-state index is 12.7. The number of carbonyl (C=O) groups excluding carboxylic acids is 1. The standard InChI is InChI=1S/C25H25N3O3S2/c1-26(2)16-7-9-17(10-8-16)28-20-5-3-4-18(20)19-12-15(6-11-21(19)28)13-22-24(31)27(14-23(29)30)25(32)33-22/h6-13,18,20H,3-5,14H2,1-2H3,(H,29,30)/b22-13+. The first-order chi connectivity index (χ1) is 15.8. The second kappa shape index (κ2) is 8.50. The number of thioether (sulfide) groups is 1. The molecular formula is C25H25N3O3S2. The highest BCUT2D eigenvalue weighted by Crippen LogP contribution is 2.52. The van der Waals surface area contributed by atoms with Crippen molar-refractivity contribution in [3.05, 3.63) is 58.5 Å². The number of carboxylic acids is 1. The van der Waals surface area contributed by atoms with Crippen LogP contribution in [0.4, 0.5) is 17.1 Å². The number of anilines is 3. The zero-order valence-electron chi connectivity index (χ0n) is 18.5. The number of rotatable bonds is 5. The van der Waals surface area contributed by atoms with E-state index >= 15 is 0 Å². The van der Waals surface area contributed by atoms with E-state index in [-0.39, 0.29) is 10.2 Å². The molecule has 2 unspecified atom stereocenters. The Labute approximate surface area is 202 Å². The van der Waals surface area contributed by atoms with Gasteiger partial charge in [-0.1, -0.05) is 36.5 Å². The van der Waals surface area contributed by atoms with Crippen LogP contribution in [-0.2, 0) is 9.59 Å². The van der Waals surface area contributed by atoms with Crippen molar-refractivity contribution in [2.75, 3.05) is 30.4 Å². The Balaban J connectivity index is 1.47. The Kier molecular flexibility index (Phi) is 5.66. The molecule has 2 atom stereocenters. The first-order valence-corrected chi connectivity index (χ1v) is 12.2. The molecule has 1 aliphatic carbocycles. The molecule has 0 aromatic heterocycles. The molecule has 1 saturated heterocycles. The van der Waals surface area contributed by atoms with E-state index < -0.39 is 12.5 Å². The maximum absolute atomic E-state index is 12.7. The summed E-state index contributed by atoms with van der Waals surface area (Å²) in [7, 11) is 4.09. The van der Waals surface area contributed by atoms with Gasteiger partial charge in [0.2, 0.25) is 0 Å². The van der Waals surface area contributed by atoms with Crippen LogP contribution in [0.15, 0.2) is 47.4 Å². The van der Waals surface area contributed by atoms with Gasteiger partial charge in [0.1, 0.15) is 10.9 Å². The van der Waals surface area contributed by atoms with Gasteiger partial charge < -0.3 is 14.9 Å². The number of nitrogens with zero attached hydrogens (tertiary/aromatic N) is 3. The van der Waals surface area contributed by atoms with Crippen molar-refractivity contribution < 1.29 is 14.7 Å². The van der Waals surface area contributed by atoms with E-state index in [0.29, 0.717) is 16.9 Å². The smallest absolute Gasteiger partial charge is 0.323 e. The van der Waals surface area contributed by atoms with E-state index in [0.717, 1.165) is 35.1 Å². The number of amides is 1. The summed E-state index contributed by atoms with van der Waals surface area (Å²) in [5, 5.41) is 9.05. The normalized spacial score (nSPS) is 22.8. The van der Waals surface area contributed by atoms with Gasteiger partial charge in [0.05, 0.1) is 4.91 Å². The second-order valence-electron chi connectivity index (χ2n) is 8.87. The molecule has 2 fully saturated rings. The highest BCUT2D eigenvalue weighted by Gasteiger charge is 2.42. The molecule has 1 amide bonds. The van der Waals surface area contributed by atoms with Crippen LogP contribution in [0, 0.1) is 0 Å². The Hall–Kier alpha value is -2.84. The maximum Gasteiger partial charge on any atom is 0.323 e. The van der Waals surface area contributed by atoms with Crippen LogP contribution < -0.4 is 9.80 Å². The fourth-order valence-electron chi connectivity index (χ4n) is 5.13. The van der Waals surface area contributed by atoms with Gasteiger partial charge in [-0.3, -0.25) is 14.5 Å². The van der Waals surface area contributed by atoms with Crippen molar-refractivity contribution >= 4 is 63.3 Å². The quantitative estimate of drug-likeness (QED) is 0.487. The Morgan fingerprint density at radius 2 is 1.97 bits per heavy atom. The minimum Gasteiger partial charge on any atom is -0.480 e. The summed E-state index contributed by atoms with van der Waals surface area (Å²) in [5.41, 5.74) is 5.89. The van der Waals surface area contributed by atoms with Gasteiger partial charge in [0, 0.05) is 43.1 Å². The summed E-state index contributed by atoms with van der Waals surface area (Å²) in [6, 6.07) is 15.5. The molecule has 2 aromatic rings. The van der Waals surface area contributed by atoms with Crippen molar-refractivity contribution in [3.63, 3.8) is 0 Å². The van der Waals surface area contributed by atoms with Crippen molar-refractivity contribution in [2.24, 2.45) is 0 Å². The lowest BCUT2D eigenvalue weighted by Crippen LogP contribution is -2.33. The van der Waals surface area contributed by atoms with Gasteiger partial charge in [-0.2, -0.15) is 0 Å². The molecule has 0 radical (unpaired) electrons. The summed E-state index contributed by atoms with van der Waals surface area (Å²) < 4.78 is 0.290. The summed E-state index contributed by atoms with van der Waals surface area (Å²) in [6.07, 6.45) is 5.37. The van der Waals surface area contributed by atoms with E-state index in [9.17, 15) is 9.59 Å². The minimum absolute atomic E-state index is 0.290. The van der Waals surface area contributed by atoms with Gasteiger partial charge in [-0.25, -0.2) is 0 Å². The summed E-state index contributed by atoms with van der Waals surface area (Å²) >= 11 is 6.38. The van der Waals surface area contributed by atoms with Gasteiger partial charge in [-0.05, 0) is 66.4 Å². The Morgan fingerprint density at radius 1 is 1.21 bits per heavy atom. The molecule has 0 spiro atoms. The Morgan fingerprint density at radius 3 is 2.67 bits per heavy atom. The van der Waals surface area contributed by atoms with Crippen molar-refractivity contribution in [3.8, 4) is 0 Å². The first-order valence-electron chi connectivity index (χ1n) is 11.0. The number of carboxylic acid groups (broad SMARTS) is 1. The number of fused-ring (bicyclic) bond motifs is 3. The average molecular weight is 480 g/mol. The van der Waals surface area contributed by atoms with Crippen LogP contribution in [0.2, 0.25) is 0 Å². The monoisotopic (exact) mass is 479 g/mol. The van der Waals surface area contributed by atoms with Gasteiger partial charge in [0.15, 0.2) is 0 Å². The molecule has 5 rings (SSSR count). The fraction of sp³-hybridized carbons (Fsp3) is 0.320. The number of hydrogen-bond acceptors (Lipinski definition) is 6. The molecular weight excluding hydrogens is 454 g/mol. The van der Waals surface area contributed by atoms with Crippen LogP contribution in [0.25, 0.3) is 6.08 Å². The number of aliphatic carboxylic acids is 1. The third kappa shape index (κ3) is 3.91. The third-order valence-electron chi connectivity index (χ3n) is 6.63. The van der Waals surface area contributed by atoms with Crippen molar-refractivity contribution in [1.29, 1.82) is 0 Å². The molecule has 0 bridgehead atoms. The van der Waals surface area contributed by atoms with E-state index in [1.807, 2.05) is 26.2 Å². The van der Waals surface area contributed by atoms with Crippen LogP contribution in [0.5, 0.6) is 0 Å². The lowest BCUT2D eigenvalue weighted by atomic mass is 9.96. The molecule has 3 aliphatic rings. The van der Waals surface area contributed by atoms with Gasteiger partial charge in [-0.15, -0.1) is 0 Å². The predicted octanol–water partition coefficient (Wildman–Crippen LogP) is 4.83. The van der Waals surface area contributed by atoms with Gasteiger partial charge in [0.25, 0.3) is 5.91 Å². The van der Waals surface area contributed by atoms with E-state index in [1.165, 1.54) is 29.0 Å². The average Bonchev–Trinajstić information content (AvgIpc) is 3.43. The zero-order valence-corrected chi connectivity index (χ0v) is 20.2. The molecule has 33 heavy (non-hydrogen) atoms. The highest BCUT2D eigenvalue weighted by molar-refractivity contribution is 8.26. The van der Waals surface area contributed by atoms with Crippen molar-refractivity contribution in [2.45, 2.75) is 31.2 Å². The van der Waals surface area contributed by atoms with Crippen molar-refractivity contribution in [1.82, 2.24) is 4.90 Å². The minimum atomic E-state index is -1.07. The molecule has 6 nitrogen and oxygen atoms in total. The lowest BCUT2D eigenvalue weighted by Gasteiger charge is -2.27. The zero-order chi connectivity index (χ0) is 23.3. The number of carbonyl (C=O) groups is 2. The topological polar surface area (TPSA) is 64.1 Å². The highest BCUT2D eigenvalue weighted by atomic mass is 32.2. The second-order valence-corrected chi connectivity index (χ2v) is 10.5. The SMILES string of the molecule is CN(C)c1ccc(N2c3ccc(/C=C4/SC(=S)N(CC(=O)O)C4=O)cc3C3CCCC32)cc1. The predicted molar refractivity (Wildman–Crippen MR) is 137 cm³/mol. The van der Waals surface area contributed by atoms with Crippen LogP contribution in [0.1, 0.15) is 36.3 Å². The van der Waals surface area contributed by atoms with E-state index in [2.05, 4.69) is 46.2 Å². The molecule has 1 N–H and O–H groups in total. The molecule has 170 valence electrons. The number of benzene rings is 2. The summed E-state index contributed by atoms with van der Waals surface area (Å²) in [5.74, 6) is -0.936. The molecule has 2 aliphatic heterocycles. The summed E-state index contributed by atoms with van der Waals surface area (Å²) in [6.45, 7) is -0.405. The fourth-order valence-corrected chi connectivity index (χ4v) is 6.39. The molecule has 2 heterocycles. The summed E-state index contributed by atoms with van der Waals surface area (Å²) in [4.78, 5) is 29.9. The first kappa shape index (κ1) is 22.0. The molecule has 8 heteroatoms. The van der Waals surface area contributed by atoms with Crippen LogP contribution in [0.3, 0.4) is 0 Å². The lowest BCUT2D eigenvalue weighted by molar-refractivity contribution is -0.140. The van der Waals surface area contributed by atoms with E-state index in [1.54, 1.807) is 0 Å². The number of thiocarbonyl (C=S) groups is 1.